The quantitative estimate of drug-likeness (QED) is 0.681. The number of hydrogen-bond donors (Lipinski definition) is 1. The smallest absolute Gasteiger partial charge is 0.253 e. The number of nitrogens with one attached hydrogen (secondary N) is 1. The maximum atomic E-state index is 12.9. The molecule has 26 heavy (non-hydrogen) atoms. The van der Waals surface area contributed by atoms with E-state index in [0.29, 0.717) is 11.5 Å². The lowest BCUT2D eigenvalue weighted by molar-refractivity contribution is 0.0894. The molecule has 0 unspecified atom stereocenters. The zero-order valence-corrected chi connectivity index (χ0v) is 15.7. The van der Waals surface area contributed by atoms with E-state index in [0.717, 1.165) is 23.7 Å². The lowest BCUT2D eigenvalue weighted by atomic mass is 9.84. The summed E-state index contributed by atoms with van der Waals surface area (Å²) in [7, 11) is 0. The molecule has 0 aliphatic heterocycles. The molecule has 1 heterocycles. The van der Waals surface area contributed by atoms with Crippen molar-refractivity contribution >= 4 is 16.8 Å². The number of amides is 1. The Morgan fingerprint density at radius 1 is 1.08 bits per heavy atom. The van der Waals surface area contributed by atoms with Gasteiger partial charge in [0, 0.05) is 17.1 Å². The second-order valence-corrected chi connectivity index (χ2v) is 7.69. The van der Waals surface area contributed by atoms with Gasteiger partial charge in [-0.2, -0.15) is 0 Å². The molecule has 0 saturated heterocycles. The van der Waals surface area contributed by atoms with Gasteiger partial charge in [0.1, 0.15) is 0 Å². The second kappa shape index (κ2) is 7.69. The summed E-state index contributed by atoms with van der Waals surface area (Å²) in [4.78, 5) is 17.3. The van der Waals surface area contributed by atoms with Gasteiger partial charge in [0.2, 0.25) is 0 Å². The molecule has 0 aliphatic rings. The van der Waals surface area contributed by atoms with E-state index in [2.05, 4.69) is 43.2 Å². The number of benzene rings is 2. The van der Waals surface area contributed by atoms with Gasteiger partial charge in [-0.25, -0.2) is 0 Å². The van der Waals surface area contributed by atoms with Crippen molar-refractivity contribution in [3.8, 4) is 0 Å². The van der Waals surface area contributed by atoms with Crippen molar-refractivity contribution in [2.75, 3.05) is 0 Å². The fraction of sp³-hybridized carbons (Fsp3) is 0.304. The highest BCUT2D eigenvalue weighted by Crippen LogP contribution is 2.23. The summed E-state index contributed by atoms with van der Waals surface area (Å²) in [6, 6.07) is 20.1. The lowest BCUT2D eigenvalue weighted by Gasteiger charge is -2.33. The maximum absolute atomic E-state index is 12.9. The van der Waals surface area contributed by atoms with Crippen LogP contribution in [0.3, 0.4) is 0 Å². The van der Waals surface area contributed by atoms with Crippen LogP contribution in [0.1, 0.15) is 43.1 Å². The van der Waals surface area contributed by atoms with Crippen LogP contribution in [0.5, 0.6) is 0 Å². The number of para-hydroxylation sites is 1. The standard InChI is InChI=1S/C23H26N2O/c1-17(2)14-23(3,15-18-9-5-4-6-10-18)25-22(26)20-13-19-11-7-8-12-21(19)24-16-20/h4-13,16-17H,14-15H2,1-3H3,(H,25,26)/t23-/m0/s1. The first kappa shape index (κ1) is 18.1. The molecule has 0 aliphatic carbocycles. The van der Waals surface area contributed by atoms with Crippen LogP contribution in [-0.4, -0.2) is 16.4 Å². The Morgan fingerprint density at radius 2 is 1.77 bits per heavy atom. The van der Waals surface area contributed by atoms with Crippen molar-refractivity contribution in [2.45, 2.75) is 39.2 Å². The lowest BCUT2D eigenvalue weighted by Crippen LogP contribution is -2.48. The molecular formula is C23H26N2O. The van der Waals surface area contributed by atoms with Crippen LogP contribution >= 0.6 is 0 Å². The van der Waals surface area contributed by atoms with Gasteiger partial charge in [0.05, 0.1) is 11.1 Å². The SMILES string of the molecule is CC(C)C[C@@](C)(Cc1ccccc1)NC(=O)c1cnc2ccccc2c1. The normalized spacial score (nSPS) is 13.5. The van der Waals surface area contributed by atoms with Crippen molar-refractivity contribution in [1.82, 2.24) is 10.3 Å². The van der Waals surface area contributed by atoms with E-state index in [1.165, 1.54) is 5.56 Å². The maximum Gasteiger partial charge on any atom is 0.253 e. The Hall–Kier alpha value is -2.68. The highest BCUT2D eigenvalue weighted by atomic mass is 16.1. The van der Waals surface area contributed by atoms with Crippen LogP contribution < -0.4 is 5.32 Å². The van der Waals surface area contributed by atoms with Crippen molar-refractivity contribution in [3.63, 3.8) is 0 Å². The van der Waals surface area contributed by atoms with E-state index < -0.39 is 0 Å². The highest BCUT2D eigenvalue weighted by molar-refractivity contribution is 5.97. The number of rotatable bonds is 6. The third-order valence-corrected chi connectivity index (χ3v) is 4.56. The van der Waals surface area contributed by atoms with Gasteiger partial charge >= 0.3 is 0 Å². The van der Waals surface area contributed by atoms with E-state index >= 15 is 0 Å². The van der Waals surface area contributed by atoms with Crippen LogP contribution in [-0.2, 0) is 6.42 Å². The third kappa shape index (κ3) is 4.48. The van der Waals surface area contributed by atoms with Gasteiger partial charge in [0.15, 0.2) is 0 Å². The predicted molar refractivity (Wildman–Crippen MR) is 107 cm³/mol. The van der Waals surface area contributed by atoms with Crippen molar-refractivity contribution < 1.29 is 4.79 Å². The summed E-state index contributed by atoms with van der Waals surface area (Å²) >= 11 is 0. The molecular weight excluding hydrogens is 320 g/mol. The first-order valence-electron chi connectivity index (χ1n) is 9.16. The van der Waals surface area contributed by atoms with Crippen molar-refractivity contribution in [1.29, 1.82) is 0 Å². The number of fused-ring (bicyclic) bond motifs is 1. The molecule has 3 nitrogen and oxygen atoms in total. The van der Waals surface area contributed by atoms with E-state index in [4.69, 9.17) is 0 Å². The molecule has 3 rings (SSSR count). The average Bonchev–Trinajstić information content (AvgIpc) is 2.61. The van der Waals surface area contributed by atoms with Gasteiger partial charge < -0.3 is 5.32 Å². The summed E-state index contributed by atoms with van der Waals surface area (Å²) in [6.45, 7) is 6.51. The summed E-state index contributed by atoms with van der Waals surface area (Å²) in [5, 5.41) is 4.26. The summed E-state index contributed by atoms with van der Waals surface area (Å²) in [5.41, 5.74) is 2.43. The Kier molecular flexibility index (Phi) is 5.36. The number of nitrogens with zero attached hydrogens (tertiary/aromatic N) is 1. The van der Waals surface area contributed by atoms with E-state index in [9.17, 15) is 4.79 Å². The minimum Gasteiger partial charge on any atom is -0.346 e. The monoisotopic (exact) mass is 346 g/mol. The van der Waals surface area contributed by atoms with Crippen LogP contribution in [0, 0.1) is 5.92 Å². The molecule has 1 atom stereocenters. The number of carbonyl (C=O) groups excluding carboxylic acids is 1. The number of carbonyl (C=O) groups is 1. The summed E-state index contributed by atoms with van der Waals surface area (Å²) in [5.74, 6) is 0.418. The summed E-state index contributed by atoms with van der Waals surface area (Å²) in [6.07, 6.45) is 3.38. The van der Waals surface area contributed by atoms with Crippen LogP contribution in [0.4, 0.5) is 0 Å². The number of pyridine rings is 1. The van der Waals surface area contributed by atoms with Gasteiger partial charge in [-0.3, -0.25) is 9.78 Å². The molecule has 134 valence electrons. The molecule has 1 aromatic heterocycles. The molecule has 1 N–H and O–H groups in total. The Labute approximate surface area is 155 Å². The molecule has 1 amide bonds. The minimum absolute atomic E-state index is 0.0673. The molecule has 0 radical (unpaired) electrons. The topological polar surface area (TPSA) is 42.0 Å². The first-order chi connectivity index (χ1) is 12.5. The van der Waals surface area contributed by atoms with Crippen LogP contribution in [0.2, 0.25) is 0 Å². The largest absolute Gasteiger partial charge is 0.346 e. The molecule has 0 fully saturated rings. The predicted octanol–water partition coefficient (Wildman–Crippen LogP) is 5.01. The fourth-order valence-electron chi connectivity index (χ4n) is 3.66. The first-order valence-corrected chi connectivity index (χ1v) is 9.16. The highest BCUT2D eigenvalue weighted by Gasteiger charge is 2.28. The minimum atomic E-state index is -0.307. The van der Waals surface area contributed by atoms with Crippen molar-refractivity contribution in [2.24, 2.45) is 5.92 Å². The molecule has 2 aromatic carbocycles. The molecule has 3 heteroatoms. The fourth-order valence-corrected chi connectivity index (χ4v) is 3.66. The van der Waals surface area contributed by atoms with Gasteiger partial charge in [-0.15, -0.1) is 0 Å². The van der Waals surface area contributed by atoms with Crippen LogP contribution in [0.15, 0.2) is 66.9 Å². The van der Waals surface area contributed by atoms with E-state index in [1.807, 2.05) is 48.5 Å². The van der Waals surface area contributed by atoms with Crippen molar-refractivity contribution in [3.05, 3.63) is 78.0 Å². The van der Waals surface area contributed by atoms with Gasteiger partial charge in [0.25, 0.3) is 5.91 Å². The zero-order valence-electron chi connectivity index (χ0n) is 15.7. The molecule has 0 spiro atoms. The van der Waals surface area contributed by atoms with Gasteiger partial charge in [-0.05, 0) is 43.4 Å². The Morgan fingerprint density at radius 3 is 2.50 bits per heavy atom. The molecule has 0 bridgehead atoms. The molecule has 0 saturated carbocycles. The third-order valence-electron chi connectivity index (χ3n) is 4.56. The van der Waals surface area contributed by atoms with Gasteiger partial charge in [-0.1, -0.05) is 62.4 Å². The number of aromatic nitrogens is 1. The Bertz CT molecular complexity index is 889. The second-order valence-electron chi connectivity index (χ2n) is 7.69. The zero-order chi connectivity index (χ0) is 18.6. The molecule has 3 aromatic rings. The Balaban J connectivity index is 1.83. The van der Waals surface area contributed by atoms with E-state index in [1.54, 1.807) is 6.20 Å². The van der Waals surface area contributed by atoms with E-state index in [-0.39, 0.29) is 11.4 Å². The average molecular weight is 346 g/mol. The number of hydrogen-bond acceptors (Lipinski definition) is 2. The summed E-state index contributed by atoms with van der Waals surface area (Å²) < 4.78 is 0. The van der Waals surface area contributed by atoms with Crippen LogP contribution in [0.25, 0.3) is 10.9 Å².